The van der Waals surface area contributed by atoms with E-state index >= 15 is 0 Å². The molecule has 0 heterocycles. The summed E-state index contributed by atoms with van der Waals surface area (Å²) in [7, 11) is 0. The molecule has 0 aliphatic rings. The van der Waals surface area contributed by atoms with Crippen molar-refractivity contribution >= 4 is 33.4 Å². The predicted molar refractivity (Wildman–Crippen MR) is 95.0 cm³/mol. The first-order chi connectivity index (χ1) is 11.0. The van der Waals surface area contributed by atoms with Crippen LogP contribution >= 0.6 is 15.9 Å². The van der Waals surface area contributed by atoms with Crippen LogP contribution in [0.25, 0.3) is 0 Å². The van der Waals surface area contributed by atoms with Gasteiger partial charge < -0.3 is 10.2 Å². The number of halogens is 1. The lowest BCUT2D eigenvalue weighted by atomic mass is 10.1. The van der Waals surface area contributed by atoms with Gasteiger partial charge in [-0.25, -0.2) is 0 Å². The van der Waals surface area contributed by atoms with E-state index in [0.717, 1.165) is 10.0 Å². The number of rotatable bonds is 5. The Bertz CT molecular complexity index is 671. The number of anilines is 1. The van der Waals surface area contributed by atoms with E-state index in [1.807, 2.05) is 49.4 Å². The van der Waals surface area contributed by atoms with Crippen molar-refractivity contribution < 1.29 is 9.59 Å². The smallest absolute Gasteiger partial charge is 0.244 e. The second-order valence-corrected chi connectivity index (χ2v) is 6.20. The summed E-state index contributed by atoms with van der Waals surface area (Å²) >= 11 is 3.35. The van der Waals surface area contributed by atoms with E-state index in [-0.39, 0.29) is 24.4 Å². The highest BCUT2D eigenvalue weighted by Crippen LogP contribution is 2.20. The van der Waals surface area contributed by atoms with Crippen LogP contribution in [0.2, 0.25) is 0 Å². The number of nitrogens with one attached hydrogen (secondary N) is 1. The molecule has 0 saturated carbocycles. The van der Waals surface area contributed by atoms with Crippen molar-refractivity contribution in [2.24, 2.45) is 0 Å². The second-order valence-electron chi connectivity index (χ2n) is 5.29. The van der Waals surface area contributed by atoms with Gasteiger partial charge in [-0.15, -0.1) is 0 Å². The Morgan fingerprint density at radius 3 is 2.26 bits per heavy atom. The first-order valence-electron chi connectivity index (χ1n) is 7.35. The number of carbonyl (C=O) groups excluding carboxylic acids is 2. The van der Waals surface area contributed by atoms with E-state index in [1.165, 1.54) is 6.92 Å². The molecule has 0 aliphatic carbocycles. The van der Waals surface area contributed by atoms with Gasteiger partial charge in [0, 0.05) is 17.1 Å². The Kier molecular flexibility index (Phi) is 5.93. The lowest BCUT2D eigenvalue weighted by Gasteiger charge is -2.28. The Morgan fingerprint density at radius 1 is 1.09 bits per heavy atom. The van der Waals surface area contributed by atoms with Gasteiger partial charge in [-0.3, -0.25) is 9.59 Å². The molecule has 0 bridgehead atoms. The van der Waals surface area contributed by atoms with Gasteiger partial charge in [0.05, 0.1) is 6.04 Å². The molecule has 1 N–H and O–H groups in total. The molecule has 2 amide bonds. The average Bonchev–Trinajstić information content (AvgIpc) is 2.55. The summed E-state index contributed by atoms with van der Waals surface area (Å²) in [6, 6.07) is 16.8. The second kappa shape index (κ2) is 7.92. The van der Waals surface area contributed by atoms with Gasteiger partial charge in [0.25, 0.3) is 0 Å². The molecule has 0 saturated heterocycles. The molecule has 1 atom stereocenters. The standard InChI is InChI=1S/C18H19BrN2O2/c1-13(15-6-4-3-5-7-15)21(14(2)22)12-18(23)20-17-10-8-16(19)9-11-17/h3-11,13H,12H2,1-2H3,(H,20,23). The quantitative estimate of drug-likeness (QED) is 0.859. The third-order valence-electron chi connectivity index (χ3n) is 3.60. The molecule has 0 radical (unpaired) electrons. The zero-order valence-corrected chi connectivity index (χ0v) is 14.7. The lowest BCUT2D eigenvalue weighted by molar-refractivity contribution is -0.134. The summed E-state index contributed by atoms with van der Waals surface area (Å²) in [6.07, 6.45) is 0. The summed E-state index contributed by atoms with van der Waals surface area (Å²) in [6.45, 7) is 3.41. The van der Waals surface area contributed by atoms with Crippen LogP contribution in [-0.4, -0.2) is 23.3 Å². The zero-order valence-electron chi connectivity index (χ0n) is 13.1. The number of hydrogen-bond acceptors (Lipinski definition) is 2. The monoisotopic (exact) mass is 374 g/mol. The molecule has 1 unspecified atom stereocenters. The zero-order chi connectivity index (χ0) is 16.8. The molecular formula is C18H19BrN2O2. The normalized spacial score (nSPS) is 11.6. The maximum Gasteiger partial charge on any atom is 0.244 e. The van der Waals surface area contributed by atoms with Crippen molar-refractivity contribution in [1.82, 2.24) is 4.90 Å². The summed E-state index contributed by atoms with van der Waals surface area (Å²) in [5, 5.41) is 2.81. The lowest BCUT2D eigenvalue weighted by Crippen LogP contribution is -2.38. The third kappa shape index (κ3) is 4.93. The van der Waals surface area contributed by atoms with Crippen molar-refractivity contribution in [3.63, 3.8) is 0 Å². The average molecular weight is 375 g/mol. The first kappa shape index (κ1) is 17.2. The Morgan fingerprint density at radius 2 is 1.70 bits per heavy atom. The van der Waals surface area contributed by atoms with Crippen LogP contribution < -0.4 is 5.32 Å². The van der Waals surface area contributed by atoms with Crippen LogP contribution in [0.3, 0.4) is 0 Å². The summed E-state index contributed by atoms with van der Waals surface area (Å²) in [5.41, 5.74) is 1.70. The van der Waals surface area contributed by atoms with E-state index in [0.29, 0.717) is 5.69 Å². The third-order valence-corrected chi connectivity index (χ3v) is 4.12. The van der Waals surface area contributed by atoms with E-state index < -0.39 is 0 Å². The Hall–Kier alpha value is -2.14. The number of carbonyl (C=O) groups is 2. The Labute approximate surface area is 144 Å². The van der Waals surface area contributed by atoms with Crippen molar-refractivity contribution in [3.8, 4) is 0 Å². The molecule has 0 fully saturated rings. The minimum Gasteiger partial charge on any atom is -0.327 e. The fourth-order valence-electron chi connectivity index (χ4n) is 2.32. The van der Waals surface area contributed by atoms with Crippen LogP contribution in [0.5, 0.6) is 0 Å². The van der Waals surface area contributed by atoms with Gasteiger partial charge in [0.15, 0.2) is 0 Å². The summed E-state index contributed by atoms with van der Waals surface area (Å²) in [5.74, 6) is -0.349. The molecule has 5 heteroatoms. The summed E-state index contributed by atoms with van der Waals surface area (Å²) in [4.78, 5) is 25.7. The molecule has 0 aromatic heterocycles. The maximum absolute atomic E-state index is 12.2. The van der Waals surface area contributed by atoms with Crippen molar-refractivity contribution in [3.05, 3.63) is 64.6 Å². The van der Waals surface area contributed by atoms with E-state index in [1.54, 1.807) is 17.0 Å². The van der Waals surface area contributed by atoms with Gasteiger partial charge in [-0.05, 0) is 36.8 Å². The van der Waals surface area contributed by atoms with Gasteiger partial charge in [-0.1, -0.05) is 46.3 Å². The minimum atomic E-state index is -0.217. The number of benzene rings is 2. The number of hydrogen-bond donors (Lipinski definition) is 1. The highest BCUT2D eigenvalue weighted by Gasteiger charge is 2.21. The van der Waals surface area contributed by atoms with Crippen LogP contribution in [0.15, 0.2) is 59.1 Å². The van der Waals surface area contributed by atoms with E-state index in [2.05, 4.69) is 21.2 Å². The number of nitrogens with zero attached hydrogens (tertiary/aromatic N) is 1. The molecule has 4 nitrogen and oxygen atoms in total. The summed E-state index contributed by atoms with van der Waals surface area (Å²) < 4.78 is 0.943. The molecule has 23 heavy (non-hydrogen) atoms. The van der Waals surface area contributed by atoms with Crippen molar-refractivity contribution in [2.75, 3.05) is 11.9 Å². The Balaban J connectivity index is 2.05. The minimum absolute atomic E-state index is 0.0153. The molecular weight excluding hydrogens is 356 g/mol. The largest absolute Gasteiger partial charge is 0.327 e. The fraction of sp³-hybridized carbons (Fsp3) is 0.222. The highest BCUT2D eigenvalue weighted by atomic mass is 79.9. The fourth-order valence-corrected chi connectivity index (χ4v) is 2.59. The molecule has 0 spiro atoms. The van der Waals surface area contributed by atoms with Crippen LogP contribution in [0, 0.1) is 0 Å². The molecule has 120 valence electrons. The van der Waals surface area contributed by atoms with Gasteiger partial charge in [0.2, 0.25) is 11.8 Å². The molecule has 2 aromatic carbocycles. The SMILES string of the molecule is CC(=O)N(CC(=O)Nc1ccc(Br)cc1)C(C)c1ccccc1. The topological polar surface area (TPSA) is 49.4 Å². The predicted octanol–water partition coefficient (Wildman–Crippen LogP) is 4.00. The van der Waals surface area contributed by atoms with Gasteiger partial charge in [0.1, 0.15) is 6.54 Å². The van der Waals surface area contributed by atoms with E-state index in [4.69, 9.17) is 0 Å². The molecule has 2 rings (SSSR count). The van der Waals surface area contributed by atoms with E-state index in [9.17, 15) is 9.59 Å². The van der Waals surface area contributed by atoms with Crippen LogP contribution in [-0.2, 0) is 9.59 Å². The van der Waals surface area contributed by atoms with Gasteiger partial charge in [-0.2, -0.15) is 0 Å². The van der Waals surface area contributed by atoms with Gasteiger partial charge >= 0.3 is 0 Å². The number of amides is 2. The highest BCUT2D eigenvalue weighted by molar-refractivity contribution is 9.10. The maximum atomic E-state index is 12.2. The first-order valence-corrected chi connectivity index (χ1v) is 8.14. The van der Waals surface area contributed by atoms with Crippen molar-refractivity contribution in [1.29, 1.82) is 0 Å². The van der Waals surface area contributed by atoms with Crippen molar-refractivity contribution in [2.45, 2.75) is 19.9 Å². The van der Waals surface area contributed by atoms with Crippen LogP contribution in [0.4, 0.5) is 5.69 Å². The molecule has 0 aliphatic heterocycles. The van der Waals surface area contributed by atoms with Crippen LogP contribution in [0.1, 0.15) is 25.5 Å². The molecule has 2 aromatic rings.